The van der Waals surface area contributed by atoms with Crippen molar-refractivity contribution >= 4 is 16.8 Å². The number of benzene rings is 2. The molecule has 26 heavy (non-hydrogen) atoms. The van der Waals surface area contributed by atoms with Gasteiger partial charge in [-0.1, -0.05) is 18.2 Å². The van der Waals surface area contributed by atoms with E-state index in [-0.39, 0.29) is 17.8 Å². The molecule has 1 heterocycles. The summed E-state index contributed by atoms with van der Waals surface area (Å²) in [6, 6.07) is 14.4. The normalized spacial score (nSPS) is 16.3. The number of halogens is 1. The second kappa shape index (κ2) is 7.20. The second-order valence-electron chi connectivity index (χ2n) is 6.69. The van der Waals surface area contributed by atoms with Crippen LogP contribution in [0.5, 0.6) is 5.75 Å². The van der Waals surface area contributed by atoms with Gasteiger partial charge in [-0.2, -0.15) is 0 Å². The summed E-state index contributed by atoms with van der Waals surface area (Å²) in [6.45, 7) is 0.361. The van der Waals surface area contributed by atoms with Crippen molar-refractivity contribution in [3.8, 4) is 5.75 Å². The maximum atomic E-state index is 13.4. The number of carbonyl (C=O) groups is 1. The van der Waals surface area contributed by atoms with E-state index in [4.69, 9.17) is 4.74 Å². The molecule has 0 saturated carbocycles. The van der Waals surface area contributed by atoms with Gasteiger partial charge in [-0.25, -0.2) is 4.39 Å². The van der Waals surface area contributed by atoms with Gasteiger partial charge in [0.2, 0.25) is 5.91 Å². The summed E-state index contributed by atoms with van der Waals surface area (Å²) in [6.07, 6.45) is 2.84. The van der Waals surface area contributed by atoms with Crippen molar-refractivity contribution in [2.45, 2.75) is 31.7 Å². The van der Waals surface area contributed by atoms with E-state index < -0.39 is 0 Å². The number of aryl methyl sites for hydroxylation is 1. The van der Waals surface area contributed by atoms with Gasteiger partial charge >= 0.3 is 0 Å². The van der Waals surface area contributed by atoms with Crippen molar-refractivity contribution in [2.24, 2.45) is 0 Å². The number of hydrogen-bond donors (Lipinski definition) is 2. The van der Waals surface area contributed by atoms with Crippen molar-refractivity contribution in [3.63, 3.8) is 0 Å². The summed E-state index contributed by atoms with van der Waals surface area (Å²) in [5.74, 6) is 0.535. The van der Waals surface area contributed by atoms with Crippen LogP contribution in [-0.2, 0) is 17.6 Å². The maximum absolute atomic E-state index is 13.4. The predicted octanol–water partition coefficient (Wildman–Crippen LogP) is 3.75. The number of ether oxygens (including phenoxy) is 1. The Bertz CT molecular complexity index is 920. The van der Waals surface area contributed by atoms with E-state index in [0.29, 0.717) is 13.0 Å². The number of hydrogen-bond acceptors (Lipinski definition) is 2. The first kappa shape index (κ1) is 16.6. The fourth-order valence-corrected chi connectivity index (χ4v) is 3.60. The molecule has 4 rings (SSSR count). The van der Waals surface area contributed by atoms with E-state index in [1.165, 1.54) is 17.7 Å². The Balaban J connectivity index is 1.34. The number of fused-ring (bicyclic) bond motifs is 3. The van der Waals surface area contributed by atoms with Crippen molar-refractivity contribution in [1.82, 2.24) is 10.3 Å². The number of aromatic amines is 1. The number of rotatable bonds is 5. The number of amides is 1. The molecule has 1 unspecified atom stereocenters. The number of carbonyl (C=O) groups excluding carboxylic acids is 1. The van der Waals surface area contributed by atoms with Crippen molar-refractivity contribution in [2.75, 3.05) is 6.61 Å². The molecule has 2 aromatic carbocycles. The Labute approximate surface area is 151 Å². The zero-order valence-corrected chi connectivity index (χ0v) is 14.4. The lowest BCUT2D eigenvalue weighted by molar-refractivity contribution is -0.122. The van der Waals surface area contributed by atoms with Gasteiger partial charge < -0.3 is 15.0 Å². The Hall–Kier alpha value is -2.82. The standard InChI is InChI=1S/C21H21FN2O2/c22-14-6-8-17-18-13-15(7-9-19(18)24-20(17)12-14)23-21(25)10-11-26-16-4-2-1-3-5-16/h1-6,8,12,15,24H,7,9-11,13H2,(H,23,25). The highest BCUT2D eigenvalue weighted by atomic mass is 19.1. The lowest BCUT2D eigenvalue weighted by Gasteiger charge is -2.23. The fourth-order valence-electron chi connectivity index (χ4n) is 3.60. The van der Waals surface area contributed by atoms with E-state index in [9.17, 15) is 9.18 Å². The lowest BCUT2D eigenvalue weighted by atomic mass is 9.91. The molecule has 0 radical (unpaired) electrons. The van der Waals surface area contributed by atoms with Gasteiger partial charge in [0, 0.05) is 22.6 Å². The molecule has 134 valence electrons. The van der Waals surface area contributed by atoms with Gasteiger partial charge in [0.1, 0.15) is 11.6 Å². The zero-order chi connectivity index (χ0) is 17.9. The third-order valence-electron chi connectivity index (χ3n) is 4.86. The molecular weight excluding hydrogens is 331 g/mol. The molecule has 1 atom stereocenters. The van der Waals surface area contributed by atoms with Gasteiger partial charge in [0.25, 0.3) is 0 Å². The van der Waals surface area contributed by atoms with Gasteiger partial charge in [0.05, 0.1) is 13.0 Å². The molecule has 1 aromatic heterocycles. The number of H-pyrrole nitrogens is 1. The van der Waals surface area contributed by atoms with E-state index >= 15 is 0 Å². The Kier molecular flexibility index (Phi) is 4.61. The monoisotopic (exact) mass is 352 g/mol. The Morgan fingerprint density at radius 3 is 2.92 bits per heavy atom. The summed E-state index contributed by atoms with van der Waals surface area (Å²) in [4.78, 5) is 15.5. The highest BCUT2D eigenvalue weighted by molar-refractivity contribution is 5.85. The van der Waals surface area contributed by atoms with Gasteiger partial charge in [0.15, 0.2) is 0 Å². The predicted molar refractivity (Wildman–Crippen MR) is 98.8 cm³/mol. The molecule has 1 aliphatic rings. The van der Waals surface area contributed by atoms with Gasteiger partial charge in [-0.3, -0.25) is 4.79 Å². The Morgan fingerprint density at radius 2 is 2.08 bits per heavy atom. The lowest BCUT2D eigenvalue weighted by Crippen LogP contribution is -2.39. The molecule has 0 fully saturated rings. The average Bonchev–Trinajstić information content (AvgIpc) is 2.99. The Morgan fingerprint density at radius 1 is 1.23 bits per heavy atom. The average molecular weight is 352 g/mol. The minimum absolute atomic E-state index is 0.000247. The van der Waals surface area contributed by atoms with Crippen LogP contribution in [0, 0.1) is 5.82 Å². The first-order chi connectivity index (χ1) is 12.7. The van der Waals surface area contributed by atoms with Gasteiger partial charge in [-0.05, 0) is 55.2 Å². The van der Waals surface area contributed by atoms with Crippen molar-refractivity contribution in [1.29, 1.82) is 0 Å². The minimum Gasteiger partial charge on any atom is -0.493 e. The summed E-state index contributed by atoms with van der Waals surface area (Å²) in [5.41, 5.74) is 3.18. The highest BCUT2D eigenvalue weighted by Gasteiger charge is 2.23. The van der Waals surface area contributed by atoms with E-state index in [0.717, 1.165) is 41.6 Å². The molecule has 0 bridgehead atoms. The van der Waals surface area contributed by atoms with Crippen LogP contribution in [0.1, 0.15) is 24.1 Å². The second-order valence-corrected chi connectivity index (χ2v) is 6.69. The van der Waals surface area contributed by atoms with Crippen molar-refractivity contribution < 1.29 is 13.9 Å². The van der Waals surface area contributed by atoms with Crippen LogP contribution in [0.3, 0.4) is 0 Å². The molecule has 5 heteroatoms. The van der Waals surface area contributed by atoms with E-state index in [1.54, 1.807) is 0 Å². The number of nitrogens with one attached hydrogen (secondary N) is 2. The van der Waals surface area contributed by atoms with Crippen LogP contribution in [0.15, 0.2) is 48.5 Å². The quantitative estimate of drug-likeness (QED) is 0.735. The molecule has 0 aliphatic heterocycles. The van der Waals surface area contributed by atoms with Crippen LogP contribution in [0.2, 0.25) is 0 Å². The summed E-state index contributed by atoms with van der Waals surface area (Å²) in [7, 11) is 0. The molecule has 4 nitrogen and oxygen atoms in total. The van der Waals surface area contributed by atoms with Crippen LogP contribution < -0.4 is 10.1 Å². The van der Waals surface area contributed by atoms with E-state index in [2.05, 4.69) is 10.3 Å². The van der Waals surface area contributed by atoms with E-state index in [1.807, 2.05) is 36.4 Å². The molecule has 1 aliphatic carbocycles. The number of aromatic nitrogens is 1. The first-order valence-electron chi connectivity index (χ1n) is 8.95. The zero-order valence-electron chi connectivity index (χ0n) is 14.4. The summed E-state index contributed by atoms with van der Waals surface area (Å²) < 4.78 is 19.0. The topological polar surface area (TPSA) is 54.1 Å². The molecule has 3 aromatic rings. The highest BCUT2D eigenvalue weighted by Crippen LogP contribution is 2.29. The fraction of sp³-hybridized carbons (Fsp3) is 0.286. The van der Waals surface area contributed by atoms with Crippen LogP contribution in [-0.4, -0.2) is 23.5 Å². The molecule has 1 amide bonds. The summed E-state index contributed by atoms with van der Waals surface area (Å²) >= 11 is 0. The SMILES string of the molecule is O=C(CCOc1ccccc1)NC1CCc2[nH]c3cc(F)ccc3c2C1. The van der Waals surface area contributed by atoms with Crippen molar-refractivity contribution in [3.05, 3.63) is 65.6 Å². The third kappa shape index (κ3) is 3.57. The smallest absolute Gasteiger partial charge is 0.223 e. The molecule has 0 spiro atoms. The van der Waals surface area contributed by atoms with Crippen LogP contribution in [0.25, 0.3) is 10.9 Å². The molecule has 0 saturated heterocycles. The van der Waals surface area contributed by atoms with Crippen LogP contribution in [0.4, 0.5) is 4.39 Å². The molecule has 2 N–H and O–H groups in total. The van der Waals surface area contributed by atoms with Crippen LogP contribution >= 0.6 is 0 Å². The summed E-state index contributed by atoms with van der Waals surface area (Å²) in [5, 5.41) is 4.15. The minimum atomic E-state index is -0.237. The largest absolute Gasteiger partial charge is 0.493 e. The number of para-hydroxylation sites is 1. The molecular formula is C21H21FN2O2. The third-order valence-corrected chi connectivity index (χ3v) is 4.86. The maximum Gasteiger partial charge on any atom is 0.223 e. The van der Waals surface area contributed by atoms with Gasteiger partial charge in [-0.15, -0.1) is 0 Å². The first-order valence-corrected chi connectivity index (χ1v) is 8.95.